The van der Waals surface area contributed by atoms with Crippen LogP contribution in [-0.4, -0.2) is 53.1 Å². The minimum atomic E-state index is -0.346. The zero-order valence-corrected chi connectivity index (χ0v) is 21.5. The van der Waals surface area contributed by atoms with Gasteiger partial charge in [-0.05, 0) is 30.7 Å². The van der Waals surface area contributed by atoms with Crippen LogP contribution in [-0.2, 0) is 6.54 Å². The lowest BCUT2D eigenvalue weighted by Crippen LogP contribution is -2.33. The van der Waals surface area contributed by atoms with E-state index in [1.165, 1.54) is 11.3 Å². The molecule has 13 heteroatoms. The Morgan fingerprint density at radius 3 is 2.84 bits per heavy atom. The van der Waals surface area contributed by atoms with Gasteiger partial charge in [-0.2, -0.15) is 0 Å². The number of nitrogens with zero attached hydrogens (tertiary/aromatic N) is 6. The Morgan fingerprint density at radius 1 is 1.11 bits per heavy atom. The van der Waals surface area contributed by atoms with Crippen LogP contribution in [0.2, 0.25) is 10.0 Å². The van der Waals surface area contributed by atoms with Crippen molar-refractivity contribution in [1.82, 2.24) is 34.0 Å². The van der Waals surface area contributed by atoms with Gasteiger partial charge in [0.1, 0.15) is 22.0 Å². The van der Waals surface area contributed by atoms with E-state index in [1.54, 1.807) is 57.7 Å². The van der Waals surface area contributed by atoms with Gasteiger partial charge in [-0.15, -0.1) is 11.3 Å². The summed E-state index contributed by atoms with van der Waals surface area (Å²) in [6.07, 6.45) is 7.36. The number of amides is 2. The van der Waals surface area contributed by atoms with Gasteiger partial charge in [0, 0.05) is 41.6 Å². The molecule has 0 aliphatic carbocycles. The summed E-state index contributed by atoms with van der Waals surface area (Å²) >= 11 is 13.5. The molecule has 1 aliphatic heterocycles. The third kappa shape index (κ3) is 4.55. The Bertz CT molecular complexity index is 1660. The van der Waals surface area contributed by atoms with E-state index in [9.17, 15) is 9.59 Å². The fourth-order valence-electron chi connectivity index (χ4n) is 4.49. The molecule has 0 radical (unpaired) electrons. The van der Waals surface area contributed by atoms with Crippen LogP contribution in [0.25, 0.3) is 11.2 Å². The van der Waals surface area contributed by atoms with Crippen molar-refractivity contribution in [2.45, 2.75) is 25.0 Å². The number of imidazole rings is 2. The highest BCUT2D eigenvalue weighted by molar-refractivity contribution is 7.09. The van der Waals surface area contributed by atoms with E-state index in [0.717, 1.165) is 5.52 Å². The topological polar surface area (TPSA) is 123 Å². The van der Waals surface area contributed by atoms with Crippen molar-refractivity contribution in [2.24, 2.45) is 5.73 Å². The Morgan fingerprint density at radius 2 is 1.97 bits per heavy atom. The van der Waals surface area contributed by atoms with E-state index in [1.807, 2.05) is 10.6 Å². The molecule has 2 amide bonds. The fourth-order valence-corrected chi connectivity index (χ4v) is 5.75. The maximum absolute atomic E-state index is 13.4. The summed E-state index contributed by atoms with van der Waals surface area (Å²) in [7, 11) is 0. The zero-order chi connectivity index (χ0) is 25.7. The highest BCUT2D eigenvalue weighted by Crippen LogP contribution is 2.34. The van der Waals surface area contributed by atoms with Crippen molar-refractivity contribution in [1.29, 1.82) is 0 Å². The monoisotopic (exact) mass is 554 g/mol. The van der Waals surface area contributed by atoms with Crippen molar-refractivity contribution >= 4 is 57.5 Å². The Hall–Kier alpha value is -3.51. The number of rotatable bonds is 5. The van der Waals surface area contributed by atoms with Crippen LogP contribution in [0.5, 0.6) is 0 Å². The number of nitrogens with one attached hydrogen (secondary N) is 1. The maximum Gasteiger partial charge on any atom is 0.274 e. The second kappa shape index (κ2) is 9.42. The van der Waals surface area contributed by atoms with Crippen LogP contribution >= 0.6 is 34.5 Å². The molecule has 0 aromatic carbocycles. The molecular weight excluding hydrogens is 535 g/mol. The standard InChI is InChI=1S/C24H20Cl2N8O2S/c25-13-3-4-32-12-29-16(19(32)5-13)7-28-22(35)18-11-37-23(31-18)20-6-15(27)9-34(20)24(36)17-10-33-8-14(26)1-2-21(33)30-17/h1-5,8,10-12,15,20H,6-7,9,27H2,(H,28,35)/t15-,20+/m1/s1. The molecule has 0 saturated carbocycles. The number of hydrogen-bond donors (Lipinski definition) is 2. The van der Waals surface area contributed by atoms with Gasteiger partial charge >= 0.3 is 0 Å². The largest absolute Gasteiger partial charge is 0.345 e. The minimum Gasteiger partial charge on any atom is -0.345 e. The number of pyridine rings is 2. The Labute approximate surface area is 224 Å². The van der Waals surface area contributed by atoms with E-state index in [-0.39, 0.29) is 36.1 Å². The van der Waals surface area contributed by atoms with Crippen LogP contribution in [0, 0.1) is 0 Å². The summed E-state index contributed by atoms with van der Waals surface area (Å²) in [6, 6.07) is 6.48. The lowest BCUT2D eigenvalue weighted by Gasteiger charge is -2.21. The lowest BCUT2D eigenvalue weighted by molar-refractivity contribution is 0.0728. The average Bonchev–Trinajstić information content (AvgIpc) is 3.66. The summed E-state index contributed by atoms with van der Waals surface area (Å²) in [5, 5.41) is 6.33. The molecule has 0 bridgehead atoms. The van der Waals surface area contributed by atoms with Crippen LogP contribution in [0.1, 0.15) is 44.1 Å². The predicted molar refractivity (Wildman–Crippen MR) is 140 cm³/mol. The van der Waals surface area contributed by atoms with E-state index in [4.69, 9.17) is 28.9 Å². The van der Waals surface area contributed by atoms with Gasteiger partial charge in [-0.1, -0.05) is 23.2 Å². The van der Waals surface area contributed by atoms with Crippen molar-refractivity contribution in [3.05, 3.63) is 86.7 Å². The Balaban J connectivity index is 1.18. The number of carbonyl (C=O) groups excluding carboxylic acids is 2. The highest BCUT2D eigenvalue weighted by atomic mass is 35.5. The first-order valence-electron chi connectivity index (χ1n) is 11.4. The van der Waals surface area contributed by atoms with Gasteiger partial charge in [-0.3, -0.25) is 9.59 Å². The molecule has 5 aromatic heterocycles. The number of thiazole rings is 1. The normalized spacial score (nSPS) is 17.6. The second-order valence-electron chi connectivity index (χ2n) is 8.79. The van der Waals surface area contributed by atoms with Crippen molar-refractivity contribution in [3.63, 3.8) is 0 Å². The molecule has 2 atom stereocenters. The molecule has 3 N–H and O–H groups in total. The first kappa shape index (κ1) is 23.9. The molecule has 5 aromatic rings. The van der Waals surface area contributed by atoms with Crippen molar-refractivity contribution < 1.29 is 9.59 Å². The van der Waals surface area contributed by atoms with Crippen LogP contribution < -0.4 is 11.1 Å². The fraction of sp³-hybridized carbons (Fsp3) is 0.208. The van der Waals surface area contributed by atoms with E-state index < -0.39 is 0 Å². The average molecular weight is 555 g/mol. The highest BCUT2D eigenvalue weighted by Gasteiger charge is 2.38. The summed E-state index contributed by atoms with van der Waals surface area (Å²) in [5.74, 6) is -0.577. The van der Waals surface area contributed by atoms with E-state index >= 15 is 0 Å². The van der Waals surface area contributed by atoms with Gasteiger partial charge in [0.2, 0.25) is 0 Å². The number of likely N-dealkylation sites (tertiary alicyclic amines) is 1. The molecule has 1 saturated heterocycles. The SMILES string of the molecule is N[C@@H]1C[C@@H](c2nc(C(=O)NCc3ncn4ccc(Cl)cc34)cs2)N(C(=O)c2cn3cc(Cl)ccc3n2)C1. The van der Waals surface area contributed by atoms with Crippen molar-refractivity contribution in [3.8, 4) is 0 Å². The first-order valence-corrected chi connectivity index (χ1v) is 13.0. The molecule has 10 nitrogen and oxygen atoms in total. The van der Waals surface area contributed by atoms with Crippen LogP contribution in [0.3, 0.4) is 0 Å². The molecule has 6 heterocycles. The zero-order valence-electron chi connectivity index (χ0n) is 19.2. The molecular formula is C24H20Cl2N8O2S. The summed E-state index contributed by atoms with van der Waals surface area (Å²) in [6.45, 7) is 0.592. The predicted octanol–water partition coefficient (Wildman–Crippen LogP) is 3.59. The third-order valence-electron chi connectivity index (χ3n) is 6.27. The first-order chi connectivity index (χ1) is 17.9. The number of hydrogen-bond acceptors (Lipinski definition) is 7. The second-order valence-corrected chi connectivity index (χ2v) is 10.6. The summed E-state index contributed by atoms with van der Waals surface area (Å²) in [5.41, 5.74) is 8.93. The van der Waals surface area contributed by atoms with Gasteiger partial charge in [0.05, 0.1) is 35.1 Å². The number of nitrogens with two attached hydrogens (primary N) is 1. The molecule has 0 unspecified atom stereocenters. The number of carbonyl (C=O) groups is 2. The smallest absolute Gasteiger partial charge is 0.274 e. The molecule has 188 valence electrons. The molecule has 0 spiro atoms. The van der Waals surface area contributed by atoms with Gasteiger partial charge in [0.15, 0.2) is 0 Å². The quantitative estimate of drug-likeness (QED) is 0.342. The number of halogens is 2. The van der Waals surface area contributed by atoms with E-state index in [2.05, 4.69) is 20.3 Å². The van der Waals surface area contributed by atoms with E-state index in [0.29, 0.717) is 45.1 Å². The molecule has 1 aliphatic rings. The van der Waals surface area contributed by atoms with Gasteiger partial charge in [0.25, 0.3) is 11.8 Å². The summed E-state index contributed by atoms with van der Waals surface area (Å²) < 4.78 is 3.55. The van der Waals surface area contributed by atoms with Gasteiger partial charge in [-0.25, -0.2) is 15.0 Å². The Kier molecular flexibility index (Phi) is 6.07. The van der Waals surface area contributed by atoms with Crippen molar-refractivity contribution in [2.75, 3.05) is 6.54 Å². The number of aromatic nitrogens is 5. The molecule has 6 rings (SSSR count). The minimum absolute atomic E-state index is 0.206. The number of fused-ring (bicyclic) bond motifs is 2. The third-order valence-corrected chi connectivity index (χ3v) is 7.67. The molecule has 1 fully saturated rings. The lowest BCUT2D eigenvalue weighted by atomic mass is 10.2. The summed E-state index contributed by atoms with van der Waals surface area (Å²) in [4.78, 5) is 41.2. The maximum atomic E-state index is 13.4. The van der Waals surface area contributed by atoms with Crippen LogP contribution in [0.15, 0.2) is 54.6 Å². The van der Waals surface area contributed by atoms with Gasteiger partial charge < -0.3 is 24.8 Å². The molecule has 37 heavy (non-hydrogen) atoms. The van der Waals surface area contributed by atoms with Crippen LogP contribution in [0.4, 0.5) is 0 Å².